The van der Waals surface area contributed by atoms with Crippen LogP contribution >= 0.6 is 0 Å². The van der Waals surface area contributed by atoms with Crippen molar-refractivity contribution < 1.29 is 0 Å². The quantitative estimate of drug-likeness (QED) is 0.105. The molecule has 0 heteroatoms. The van der Waals surface area contributed by atoms with Crippen LogP contribution in [0.2, 0.25) is 0 Å². The number of fused-ring (bicyclic) bond motifs is 21. The molecule has 0 bridgehead atoms. The topological polar surface area (TPSA) is 0 Å². The van der Waals surface area contributed by atoms with Crippen molar-refractivity contribution in [3.05, 3.63) is 286 Å². The monoisotopic (exact) mass is 1040 g/mol. The highest BCUT2D eigenvalue weighted by Gasteiger charge is 2.18. The highest BCUT2D eigenvalue weighted by atomic mass is 14.2. The lowest BCUT2D eigenvalue weighted by Gasteiger charge is -2.09. The van der Waals surface area contributed by atoms with Crippen molar-refractivity contribution in [2.24, 2.45) is 0 Å². The second-order valence-corrected chi connectivity index (χ2v) is 23.6. The predicted octanol–water partition coefficient (Wildman–Crippen LogP) is 21.3. The Hall–Kier alpha value is -8.58. The number of hydrogen-bond acceptors (Lipinski definition) is 0. The van der Waals surface area contributed by atoms with Gasteiger partial charge in [-0.3, -0.25) is 0 Å². The molecular weight excluding hydrogens is 973 g/mol. The first-order valence-electron chi connectivity index (χ1n) is 30.4. The van der Waals surface area contributed by atoms with E-state index in [4.69, 9.17) is 0 Å². The Labute approximate surface area is 476 Å². The van der Waals surface area contributed by atoms with Crippen LogP contribution in [0.1, 0.15) is 87.7 Å². The summed E-state index contributed by atoms with van der Waals surface area (Å²) in [6.07, 6.45) is 19.2. The van der Waals surface area contributed by atoms with Gasteiger partial charge in [0.25, 0.3) is 0 Å². The van der Waals surface area contributed by atoms with Gasteiger partial charge in [0.05, 0.1) is 0 Å². The molecule has 0 saturated carbocycles. The molecule has 0 spiro atoms. The van der Waals surface area contributed by atoms with Crippen molar-refractivity contribution >= 4 is 97.0 Å². The Morgan fingerprint density at radius 3 is 1.17 bits per heavy atom. The van der Waals surface area contributed by atoms with Crippen molar-refractivity contribution in [3.8, 4) is 0 Å². The summed E-state index contributed by atoms with van der Waals surface area (Å²) in [5.41, 5.74) is 15.8. The van der Waals surface area contributed by atoms with E-state index in [9.17, 15) is 0 Å². The molecule has 5 aliphatic carbocycles. The summed E-state index contributed by atoms with van der Waals surface area (Å²) in [5, 5.41) is 25.3. The van der Waals surface area contributed by atoms with Crippen LogP contribution < -0.4 is 0 Å². The second kappa shape index (κ2) is 21.5. The Kier molecular flexibility index (Phi) is 13.1. The van der Waals surface area contributed by atoms with Crippen molar-refractivity contribution in [2.75, 3.05) is 0 Å². The lowest BCUT2D eigenvalue weighted by atomic mass is 9.95. The summed E-state index contributed by atoms with van der Waals surface area (Å²) >= 11 is 0. The molecular formula is C81H68. The minimum absolute atomic E-state index is 1.25. The van der Waals surface area contributed by atoms with Crippen LogP contribution in [0.3, 0.4) is 0 Å². The molecule has 0 fully saturated rings. The van der Waals surface area contributed by atoms with Gasteiger partial charge in [-0.2, -0.15) is 0 Å². The van der Waals surface area contributed by atoms with E-state index in [0.29, 0.717) is 0 Å². The smallest absolute Gasteiger partial charge is 0.00706 e. The molecule has 14 aromatic carbocycles. The predicted molar refractivity (Wildman–Crippen MR) is 350 cm³/mol. The molecule has 392 valence electrons. The maximum Gasteiger partial charge on any atom is -0.00706 e. The molecule has 5 aliphatic rings. The van der Waals surface area contributed by atoms with E-state index < -0.39 is 0 Å². The Morgan fingerprint density at radius 1 is 0.160 bits per heavy atom. The zero-order valence-electron chi connectivity index (χ0n) is 46.5. The minimum atomic E-state index is 1.25. The van der Waals surface area contributed by atoms with Gasteiger partial charge < -0.3 is 0 Å². The number of aryl methyl sites for hydroxylation is 10. The molecule has 0 atom stereocenters. The summed E-state index contributed by atoms with van der Waals surface area (Å²) in [6.45, 7) is 0. The molecule has 81 heavy (non-hydrogen) atoms. The standard InChI is InChI=1S/4C17H14.C13H12/c1-2-7-16-12(4-1)8-9-15-10-13-5-3-6-14(13)11-17(15)16;1-2-6-15-12(4-1)8-10-14-11-9-13-5-3-7-16(13)17(14)15;1-2-6-14-12(4-1)8-10-17-15-7-3-5-13(15)9-11-16(14)17;1-2-5-14-11-17-15(10-13(14)4-1)9-8-12-6-3-7-16(12)17;1-2-6-12-10(4-1)8-9-11-5-3-7-13(11)12/h1-2,4,7-11H,3,5-6H2;2*1-2,4,6,8-11H,3,5,7H2;1-2,4-5,8-11H,3,6-7H2;1-2,4,6,8-9H,3,5,7H2. The van der Waals surface area contributed by atoms with E-state index in [2.05, 4.69) is 231 Å². The molecule has 0 saturated heterocycles. The lowest BCUT2D eigenvalue weighted by Crippen LogP contribution is -1.86. The average Bonchev–Trinajstić information content (AvgIpc) is 4.55. The third-order valence-corrected chi connectivity index (χ3v) is 18.9. The first kappa shape index (κ1) is 49.5. The molecule has 14 aromatic rings. The van der Waals surface area contributed by atoms with Crippen LogP contribution in [0.15, 0.2) is 231 Å². The zero-order chi connectivity index (χ0) is 53.6. The van der Waals surface area contributed by atoms with Gasteiger partial charge >= 0.3 is 0 Å². The number of hydrogen-bond donors (Lipinski definition) is 0. The van der Waals surface area contributed by atoms with Crippen LogP contribution in [0.25, 0.3) is 97.0 Å². The maximum absolute atomic E-state index is 2.42. The van der Waals surface area contributed by atoms with E-state index in [1.807, 2.05) is 0 Å². The molecule has 19 rings (SSSR count). The van der Waals surface area contributed by atoms with Gasteiger partial charge in [-0.15, -0.1) is 0 Å². The summed E-state index contributed by atoms with van der Waals surface area (Å²) in [4.78, 5) is 0. The lowest BCUT2D eigenvalue weighted by molar-refractivity contribution is 0.912. The SMILES string of the molecule is c1ccc2c(c1)ccc1c3c(ccc12)CCC3.c1ccc2c(c1)ccc1cc3c(cc12)CCC3.c1ccc2c(c1)ccc1ccc3c(c12)CCC3.c1ccc2c3c(ccc2c1)CCC3.c1ccc2cc3c4c(ccc3cc2c1)CCC4. The van der Waals surface area contributed by atoms with Crippen molar-refractivity contribution in [1.82, 2.24) is 0 Å². The van der Waals surface area contributed by atoms with Gasteiger partial charge in [-0.25, -0.2) is 0 Å². The summed E-state index contributed by atoms with van der Waals surface area (Å²) in [6, 6.07) is 84.9. The van der Waals surface area contributed by atoms with Gasteiger partial charge in [0.2, 0.25) is 0 Å². The molecule has 0 aliphatic heterocycles. The van der Waals surface area contributed by atoms with Crippen LogP contribution in [0.4, 0.5) is 0 Å². The van der Waals surface area contributed by atoms with Gasteiger partial charge in [0.1, 0.15) is 0 Å². The Bertz CT molecular complexity index is 4650. The van der Waals surface area contributed by atoms with E-state index in [-0.39, 0.29) is 0 Å². The van der Waals surface area contributed by atoms with Crippen molar-refractivity contribution in [1.29, 1.82) is 0 Å². The van der Waals surface area contributed by atoms with Crippen LogP contribution in [-0.2, 0) is 64.2 Å². The van der Waals surface area contributed by atoms with Crippen LogP contribution in [0, 0.1) is 0 Å². The van der Waals surface area contributed by atoms with Gasteiger partial charge in [0.15, 0.2) is 0 Å². The van der Waals surface area contributed by atoms with Gasteiger partial charge in [0, 0.05) is 0 Å². The zero-order valence-corrected chi connectivity index (χ0v) is 46.5. The minimum Gasteiger partial charge on any atom is -0.0616 e. The van der Waals surface area contributed by atoms with Crippen LogP contribution in [-0.4, -0.2) is 0 Å². The van der Waals surface area contributed by atoms with Gasteiger partial charge in [-0.05, 0) is 261 Å². The fourth-order valence-electron chi connectivity index (χ4n) is 14.9. The molecule has 0 unspecified atom stereocenters. The fourth-order valence-corrected chi connectivity index (χ4v) is 14.9. The summed E-state index contributed by atoms with van der Waals surface area (Å²) in [5.74, 6) is 0. The van der Waals surface area contributed by atoms with E-state index >= 15 is 0 Å². The third kappa shape index (κ3) is 9.39. The molecule has 0 aromatic heterocycles. The van der Waals surface area contributed by atoms with Crippen molar-refractivity contribution in [2.45, 2.75) is 96.3 Å². The van der Waals surface area contributed by atoms with Crippen molar-refractivity contribution in [3.63, 3.8) is 0 Å². The first-order chi connectivity index (χ1) is 40.1. The first-order valence-corrected chi connectivity index (χ1v) is 30.4. The molecule has 0 radical (unpaired) electrons. The second-order valence-electron chi connectivity index (χ2n) is 23.6. The summed E-state index contributed by atoms with van der Waals surface area (Å²) in [7, 11) is 0. The Morgan fingerprint density at radius 2 is 0.519 bits per heavy atom. The fraction of sp³-hybridized carbons (Fsp3) is 0.185. The number of benzene rings is 14. The van der Waals surface area contributed by atoms with Crippen LogP contribution in [0.5, 0.6) is 0 Å². The molecule has 0 heterocycles. The Balaban J connectivity index is 0.0000000873. The average molecular weight is 1040 g/mol. The maximum atomic E-state index is 2.42. The normalized spacial score (nSPS) is 14.4. The highest BCUT2D eigenvalue weighted by molar-refractivity contribution is 6.11. The van der Waals surface area contributed by atoms with Gasteiger partial charge in [-0.1, -0.05) is 218 Å². The molecule has 0 N–H and O–H groups in total. The molecule has 0 amide bonds. The largest absolute Gasteiger partial charge is 0.0616 e. The van der Waals surface area contributed by atoms with E-state index in [1.165, 1.54) is 193 Å². The number of rotatable bonds is 0. The molecule has 0 nitrogen and oxygen atoms in total. The van der Waals surface area contributed by atoms with E-state index in [1.54, 1.807) is 55.6 Å². The highest BCUT2D eigenvalue weighted by Crippen LogP contribution is 2.38. The third-order valence-electron chi connectivity index (χ3n) is 18.9. The summed E-state index contributed by atoms with van der Waals surface area (Å²) < 4.78 is 0. The van der Waals surface area contributed by atoms with E-state index in [0.717, 1.165) is 0 Å².